The van der Waals surface area contributed by atoms with Crippen molar-refractivity contribution >= 4 is 5.97 Å². The zero-order chi connectivity index (χ0) is 62.1. The Morgan fingerprint density at radius 3 is 0.816 bits per heavy atom. The number of ether oxygens (including phenoxy) is 1. The predicted molar refractivity (Wildman–Crippen MR) is 387 cm³/mol. The molecular formula is C84H150O3. The maximum Gasteiger partial charge on any atom is 0.336 e. The molecule has 0 amide bonds. The molecule has 0 atom stereocenters. The summed E-state index contributed by atoms with van der Waals surface area (Å²) in [6.07, 6.45) is 86.8. The molecule has 0 aromatic heterocycles. The first-order chi connectivity index (χ1) is 43.0. The first-order valence-corrected chi connectivity index (χ1v) is 40.3. The topological polar surface area (TPSA) is 46.5 Å². The minimum Gasteiger partial charge on any atom is -0.478 e. The molecule has 0 fully saturated rings. The summed E-state index contributed by atoms with van der Waals surface area (Å²) in [4.78, 5) is 14.1. The number of carbonyl (C=O) groups is 1. The van der Waals surface area contributed by atoms with Gasteiger partial charge in [0.25, 0.3) is 0 Å². The smallest absolute Gasteiger partial charge is 0.336 e. The van der Waals surface area contributed by atoms with Crippen molar-refractivity contribution in [1.82, 2.24) is 0 Å². The molecule has 0 radical (unpaired) electrons. The predicted octanol–water partition coefficient (Wildman–Crippen LogP) is 29.3. The van der Waals surface area contributed by atoms with E-state index in [9.17, 15) is 9.90 Å². The number of hydrogen-bond donors (Lipinski definition) is 1. The first kappa shape index (κ1) is 78.9. The molecule has 1 aliphatic rings. The highest BCUT2D eigenvalue weighted by Crippen LogP contribution is 2.48. The van der Waals surface area contributed by atoms with E-state index in [1.165, 1.54) is 406 Å². The van der Waals surface area contributed by atoms with Crippen molar-refractivity contribution in [1.29, 1.82) is 0 Å². The fourth-order valence-corrected chi connectivity index (χ4v) is 14.9. The van der Waals surface area contributed by atoms with Crippen molar-refractivity contribution in [2.45, 2.75) is 458 Å². The van der Waals surface area contributed by atoms with Crippen LogP contribution in [0.5, 0.6) is 11.5 Å². The molecule has 0 saturated carbocycles. The number of fused-ring (bicyclic) bond motifs is 2. The number of rotatable bonds is 66. The summed E-state index contributed by atoms with van der Waals surface area (Å²) in [6, 6.07) is 4.84. The van der Waals surface area contributed by atoms with E-state index in [-0.39, 0.29) is 0 Å². The number of aryl methyl sites for hydroxylation is 1. The maximum atomic E-state index is 14.1. The number of carboxylic acids is 1. The molecule has 87 heavy (non-hydrogen) atoms. The zero-order valence-electron chi connectivity index (χ0n) is 59.6. The Morgan fingerprint density at radius 2 is 0.529 bits per heavy atom. The van der Waals surface area contributed by atoms with Crippen LogP contribution in [-0.4, -0.2) is 11.1 Å². The lowest BCUT2D eigenvalue weighted by Crippen LogP contribution is -2.19. The average Bonchev–Trinajstić information content (AvgIpc) is 1.09. The summed E-state index contributed by atoms with van der Waals surface area (Å²) in [5.41, 5.74) is 9.82. The molecule has 504 valence electrons. The third-order valence-electron chi connectivity index (χ3n) is 20.5. The fourth-order valence-electron chi connectivity index (χ4n) is 14.9. The summed E-state index contributed by atoms with van der Waals surface area (Å²) < 4.78 is 7.66. The van der Waals surface area contributed by atoms with E-state index in [1.54, 1.807) is 0 Å². The molecule has 2 aromatic rings. The minimum absolute atomic E-state index is 0.620. The van der Waals surface area contributed by atoms with Crippen LogP contribution in [0.15, 0.2) is 12.1 Å². The van der Waals surface area contributed by atoms with Crippen molar-refractivity contribution < 1.29 is 14.6 Å². The molecular weight excluding hydrogens is 1060 g/mol. The van der Waals surface area contributed by atoms with Gasteiger partial charge in [-0.25, -0.2) is 4.79 Å². The third-order valence-corrected chi connectivity index (χ3v) is 20.5. The second-order valence-corrected chi connectivity index (χ2v) is 28.6. The van der Waals surface area contributed by atoms with Gasteiger partial charge < -0.3 is 9.84 Å². The quantitative estimate of drug-likeness (QED) is 0.0573. The van der Waals surface area contributed by atoms with Gasteiger partial charge in [0.15, 0.2) is 0 Å². The molecule has 0 unspecified atom stereocenters. The van der Waals surface area contributed by atoms with Crippen LogP contribution in [-0.2, 0) is 38.5 Å². The molecule has 1 heterocycles. The van der Waals surface area contributed by atoms with Gasteiger partial charge in [-0.1, -0.05) is 400 Å². The van der Waals surface area contributed by atoms with Crippen LogP contribution < -0.4 is 4.74 Å². The molecule has 3 rings (SSSR count). The van der Waals surface area contributed by atoms with E-state index in [0.717, 1.165) is 62.0 Å². The number of benzene rings is 2. The van der Waals surface area contributed by atoms with Crippen LogP contribution in [0.3, 0.4) is 0 Å². The second kappa shape index (κ2) is 57.6. The highest BCUT2D eigenvalue weighted by molar-refractivity contribution is 5.94. The first-order valence-electron chi connectivity index (χ1n) is 40.3. The maximum absolute atomic E-state index is 14.1. The normalized spacial score (nSPS) is 12.1. The second-order valence-electron chi connectivity index (χ2n) is 28.6. The van der Waals surface area contributed by atoms with Gasteiger partial charge in [0.05, 0.1) is 5.56 Å². The van der Waals surface area contributed by atoms with Gasteiger partial charge in [0.2, 0.25) is 0 Å². The molecule has 3 nitrogen and oxygen atoms in total. The van der Waals surface area contributed by atoms with Gasteiger partial charge in [0.1, 0.15) is 11.5 Å². The van der Waals surface area contributed by atoms with Crippen molar-refractivity contribution in [3.8, 4) is 11.5 Å². The van der Waals surface area contributed by atoms with Crippen LogP contribution in [0, 0.1) is 0 Å². The van der Waals surface area contributed by atoms with Gasteiger partial charge in [-0.3, -0.25) is 0 Å². The Balaban J connectivity index is 1.93. The number of aromatic carboxylic acids is 1. The van der Waals surface area contributed by atoms with Crippen LogP contribution in [0.4, 0.5) is 0 Å². The van der Waals surface area contributed by atoms with Gasteiger partial charge in [0, 0.05) is 12.0 Å². The Morgan fingerprint density at radius 1 is 0.287 bits per heavy atom. The van der Waals surface area contributed by atoms with Crippen LogP contribution in [0.1, 0.15) is 469 Å². The zero-order valence-corrected chi connectivity index (χ0v) is 59.6. The van der Waals surface area contributed by atoms with Crippen molar-refractivity contribution in [2.24, 2.45) is 0 Å². The van der Waals surface area contributed by atoms with Gasteiger partial charge >= 0.3 is 5.97 Å². The van der Waals surface area contributed by atoms with Crippen molar-refractivity contribution in [2.75, 3.05) is 0 Å². The molecule has 3 heteroatoms. The van der Waals surface area contributed by atoms with Crippen LogP contribution in [0.25, 0.3) is 0 Å². The molecule has 0 saturated heterocycles. The number of carboxylic acid groups (broad SMARTS) is 1. The lowest BCUT2D eigenvalue weighted by Gasteiger charge is -2.31. The van der Waals surface area contributed by atoms with E-state index in [0.29, 0.717) is 12.0 Å². The average molecular weight is 1210 g/mol. The lowest BCUT2D eigenvalue weighted by molar-refractivity contribution is 0.0693. The molecule has 2 aromatic carbocycles. The highest BCUT2D eigenvalue weighted by Gasteiger charge is 2.33. The largest absolute Gasteiger partial charge is 0.478 e. The third kappa shape index (κ3) is 38.4. The Kier molecular flexibility index (Phi) is 52.3. The molecule has 0 aliphatic carbocycles. The number of hydrogen-bond acceptors (Lipinski definition) is 2. The van der Waals surface area contributed by atoms with E-state index < -0.39 is 5.97 Å². The Hall–Kier alpha value is -2.29. The fraction of sp³-hybridized carbons (Fsp3) is 0.845. The van der Waals surface area contributed by atoms with Crippen molar-refractivity contribution in [3.63, 3.8) is 0 Å². The van der Waals surface area contributed by atoms with E-state index in [2.05, 4.69) is 46.8 Å². The van der Waals surface area contributed by atoms with Crippen molar-refractivity contribution in [3.05, 3.63) is 56.6 Å². The summed E-state index contributed by atoms with van der Waals surface area (Å²) in [5.74, 6) is 1.38. The Labute approximate surface area is 544 Å². The molecule has 1 N–H and O–H groups in total. The summed E-state index contributed by atoms with van der Waals surface area (Å²) >= 11 is 0. The number of unbranched alkanes of at least 4 members (excludes halogenated alkanes) is 55. The van der Waals surface area contributed by atoms with Crippen LogP contribution >= 0.6 is 0 Å². The highest BCUT2D eigenvalue weighted by atomic mass is 16.5. The molecule has 0 spiro atoms. The summed E-state index contributed by atoms with van der Waals surface area (Å²) in [5, 5.41) is 11.6. The lowest BCUT2D eigenvalue weighted by atomic mass is 9.80. The summed E-state index contributed by atoms with van der Waals surface area (Å²) in [6.45, 7) is 11.6. The van der Waals surface area contributed by atoms with Gasteiger partial charge in [-0.05, 0) is 97.6 Å². The molecule has 1 aliphatic heterocycles. The van der Waals surface area contributed by atoms with Gasteiger partial charge in [-0.15, -0.1) is 0 Å². The van der Waals surface area contributed by atoms with Crippen LogP contribution in [0.2, 0.25) is 0 Å². The molecule has 0 bridgehead atoms. The minimum atomic E-state index is -0.722. The van der Waals surface area contributed by atoms with E-state index >= 15 is 0 Å². The summed E-state index contributed by atoms with van der Waals surface area (Å²) in [7, 11) is 0. The Bertz CT molecular complexity index is 1870. The van der Waals surface area contributed by atoms with Gasteiger partial charge in [-0.2, -0.15) is 0 Å². The standard InChI is InChI=1S/C84H150O3/c1-6-11-16-21-26-31-36-41-46-51-56-61-66-74-71-72-75-73-80-81(84(85)86)78(69-64-59-54-49-44-39-34-29-24-19-14-9-4)77(68-63-58-53-48-43-38-33-28-23-18-13-8-3)79(70-65-60-55-50-45-40-35-30-25-20-15-10-5)83(80)87-82(75)76(74)67-62-57-52-47-42-37-32-27-22-17-12-7-2/h71-72H,6-70,73H2,1-5H3,(H,85,86). The SMILES string of the molecule is CCCCCCCCCCCCCCc1ccc2c(c1CCCCCCCCCCCCCC)Oc1c(CCCCCCCCCCCCCC)c(CCCCCCCCCCCCCC)c(CCCCCCCCCCCCCC)c(C(=O)O)c1C2. The monoisotopic (exact) mass is 1210 g/mol. The van der Waals surface area contributed by atoms with E-state index in [1.807, 2.05) is 0 Å². The van der Waals surface area contributed by atoms with E-state index in [4.69, 9.17) is 4.74 Å².